The van der Waals surface area contributed by atoms with Crippen LogP contribution in [-0.4, -0.2) is 49.6 Å². The van der Waals surface area contributed by atoms with Crippen molar-refractivity contribution >= 4 is 11.8 Å². The van der Waals surface area contributed by atoms with Crippen molar-refractivity contribution in [1.82, 2.24) is 10.2 Å². The topological polar surface area (TPSA) is 15.3 Å². The second-order valence-corrected chi connectivity index (χ2v) is 4.96. The zero-order valence-corrected chi connectivity index (χ0v) is 10.3. The monoisotopic (exact) mass is 204 g/mol. The maximum atomic E-state index is 3.47. The number of thioether (sulfide) groups is 1. The molecule has 1 unspecified atom stereocenters. The van der Waals surface area contributed by atoms with Crippen LogP contribution in [0.15, 0.2) is 0 Å². The Bertz CT molecular complexity index is 107. The molecule has 3 heteroatoms. The molecule has 0 saturated heterocycles. The molecule has 0 amide bonds. The molecule has 0 fully saturated rings. The highest BCUT2D eigenvalue weighted by Crippen LogP contribution is 1.99. The molecule has 0 aliphatic carbocycles. The molecule has 1 N–H and O–H groups in total. The van der Waals surface area contributed by atoms with E-state index in [-0.39, 0.29) is 0 Å². The van der Waals surface area contributed by atoms with Crippen molar-refractivity contribution in [1.29, 1.82) is 0 Å². The third-order valence-electron chi connectivity index (χ3n) is 2.17. The summed E-state index contributed by atoms with van der Waals surface area (Å²) >= 11 is 2.02. The minimum absolute atomic E-state index is 0.638. The molecule has 0 heterocycles. The fourth-order valence-corrected chi connectivity index (χ4v) is 1.57. The first-order chi connectivity index (χ1) is 6.18. The Hall–Kier alpha value is 0.270. The van der Waals surface area contributed by atoms with Crippen LogP contribution in [0.2, 0.25) is 0 Å². The van der Waals surface area contributed by atoms with E-state index in [1.165, 1.54) is 17.9 Å². The average molecular weight is 204 g/mol. The van der Waals surface area contributed by atoms with Gasteiger partial charge in [0.05, 0.1) is 0 Å². The highest BCUT2D eigenvalue weighted by atomic mass is 32.2. The van der Waals surface area contributed by atoms with Crippen molar-refractivity contribution in [3.05, 3.63) is 0 Å². The standard InChI is InChI=1S/C10H24N2S/c1-5-13-8-6-7-11-9-10(2)12(3)4/h10-11H,5-9H2,1-4H3. The highest BCUT2D eigenvalue weighted by Gasteiger charge is 2.01. The summed E-state index contributed by atoms with van der Waals surface area (Å²) in [5.41, 5.74) is 0. The van der Waals surface area contributed by atoms with Crippen LogP contribution < -0.4 is 5.32 Å². The largest absolute Gasteiger partial charge is 0.315 e. The number of hydrogen-bond acceptors (Lipinski definition) is 3. The summed E-state index contributed by atoms with van der Waals surface area (Å²) in [5, 5.41) is 3.47. The van der Waals surface area contributed by atoms with Gasteiger partial charge < -0.3 is 10.2 Å². The van der Waals surface area contributed by atoms with Crippen LogP contribution in [0.3, 0.4) is 0 Å². The van der Waals surface area contributed by atoms with Crippen molar-refractivity contribution in [3.63, 3.8) is 0 Å². The lowest BCUT2D eigenvalue weighted by molar-refractivity contribution is 0.303. The number of rotatable bonds is 8. The molecule has 0 rings (SSSR count). The van der Waals surface area contributed by atoms with E-state index in [4.69, 9.17) is 0 Å². The molecular weight excluding hydrogens is 180 g/mol. The van der Waals surface area contributed by atoms with E-state index in [2.05, 4.69) is 38.2 Å². The Morgan fingerprint density at radius 3 is 2.62 bits per heavy atom. The molecule has 0 saturated carbocycles. The Morgan fingerprint density at radius 2 is 2.08 bits per heavy atom. The van der Waals surface area contributed by atoms with Crippen molar-refractivity contribution < 1.29 is 0 Å². The van der Waals surface area contributed by atoms with E-state index < -0.39 is 0 Å². The average Bonchev–Trinajstić information content (AvgIpc) is 2.10. The van der Waals surface area contributed by atoms with Crippen molar-refractivity contribution in [2.24, 2.45) is 0 Å². The third kappa shape index (κ3) is 8.60. The molecule has 0 spiro atoms. The van der Waals surface area contributed by atoms with Crippen LogP contribution in [0, 0.1) is 0 Å². The molecule has 13 heavy (non-hydrogen) atoms. The van der Waals surface area contributed by atoms with Gasteiger partial charge >= 0.3 is 0 Å². The van der Waals surface area contributed by atoms with E-state index >= 15 is 0 Å². The molecule has 1 atom stereocenters. The normalized spacial score (nSPS) is 13.6. The number of likely N-dealkylation sites (N-methyl/N-ethyl adjacent to an activating group) is 1. The fourth-order valence-electron chi connectivity index (χ4n) is 0.937. The molecule has 0 bridgehead atoms. The van der Waals surface area contributed by atoms with E-state index in [0.29, 0.717) is 6.04 Å². The van der Waals surface area contributed by atoms with Gasteiger partial charge in [-0.2, -0.15) is 11.8 Å². The van der Waals surface area contributed by atoms with Crippen LogP contribution in [-0.2, 0) is 0 Å². The maximum absolute atomic E-state index is 3.47. The first kappa shape index (κ1) is 13.3. The summed E-state index contributed by atoms with van der Waals surface area (Å²) in [7, 11) is 4.25. The molecule has 80 valence electrons. The highest BCUT2D eigenvalue weighted by molar-refractivity contribution is 7.99. The molecular formula is C10H24N2S. The van der Waals surface area contributed by atoms with E-state index in [1.54, 1.807) is 0 Å². The van der Waals surface area contributed by atoms with Crippen molar-refractivity contribution in [2.45, 2.75) is 26.3 Å². The predicted molar refractivity (Wildman–Crippen MR) is 63.6 cm³/mol. The van der Waals surface area contributed by atoms with Crippen LogP contribution in [0.5, 0.6) is 0 Å². The predicted octanol–water partition coefficient (Wildman–Crippen LogP) is 1.67. The zero-order valence-electron chi connectivity index (χ0n) is 9.47. The van der Waals surface area contributed by atoms with Gasteiger partial charge in [0.1, 0.15) is 0 Å². The molecule has 0 aromatic carbocycles. The lowest BCUT2D eigenvalue weighted by Gasteiger charge is -2.19. The first-order valence-corrected chi connectivity index (χ1v) is 6.28. The van der Waals surface area contributed by atoms with Gasteiger partial charge in [-0.3, -0.25) is 0 Å². The van der Waals surface area contributed by atoms with Gasteiger partial charge in [-0.05, 0) is 45.5 Å². The SMILES string of the molecule is CCSCCCNCC(C)N(C)C. The summed E-state index contributed by atoms with van der Waals surface area (Å²) in [6.07, 6.45) is 1.29. The molecule has 2 nitrogen and oxygen atoms in total. The third-order valence-corrected chi connectivity index (χ3v) is 3.15. The van der Waals surface area contributed by atoms with Gasteiger partial charge in [0.15, 0.2) is 0 Å². The second kappa shape index (κ2) is 8.85. The van der Waals surface area contributed by atoms with Gasteiger partial charge in [0.25, 0.3) is 0 Å². The first-order valence-electron chi connectivity index (χ1n) is 5.13. The van der Waals surface area contributed by atoms with Gasteiger partial charge in [-0.1, -0.05) is 6.92 Å². The summed E-state index contributed by atoms with van der Waals surface area (Å²) in [6, 6.07) is 0.638. The van der Waals surface area contributed by atoms with E-state index in [0.717, 1.165) is 13.1 Å². The van der Waals surface area contributed by atoms with Crippen molar-refractivity contribution in [3.8, 4) is 0 Å². The summed E-state index contributed by atoms with van der Waals surface area (Å²) < 4.78 is 0. The number of nitrogens with zero attached hydrogens (tertiary/aromatic N) is 1. The number of hydrogen-bond donors (Lipinski definition) is 1. The summed E-state index contributed by atoms with van der Waals surface area (Å²) in [4.78, 5) is 2.24. The van der Waals surface area contributed by atoms with Crippen LogP contribution in [0.1, 0.15) is 20.3 Å². The van der Waals surface area contributed by atoms with Crippen LogP contribution >= 0.6 is 11.8 Å². The smallest absolute Gasteiger partial charge is 0.0186 e. The van der Waals surface area contributed by atoms with Gasteiger partial charge in [0, 0.05) is 12.6 Å². The molecule has 0 aliphatic rings. The van der Waals surface area contributed by atoms with Crippen LogP contribution in [0.25, 0.3) is 0 Å². The molecule has 0 aromatic rings. The molecule has 0 radical (unpaired) electrons. The Labute approximate surface area is 87.5 Å². The maximum Gasteiger partial charge on any atom is 0.0186 e. The quantitative estimate of drug-likeness (QED) is 0.606. The van der Waals surface area contributed by atoms with Gasteiger partial charge in [-0.15, -0.1) is 0 Å². The van der Waals surface area contributed by atoms with Crippen LogP contribution in [0.4, 0.5) is 0 Å². The second-order valence-electron chi connectivity index (χ2n) is 3.57. The summed E-state index contributed by atoms with van der Waals surface area (Å²) in [6.45, 7) is 6.72. The van der Waals surface area contributed by atoms with E-state index in [1.807, 2.05) is 11.8 Å². The Morgan fingerprint density at radius 1 is 1.38 bits per heavy atom. The lowest BCUT2D eigenvalue weighted by Crippen LogP contribution is -2.35. The molecule has 0 aromatic heterocycles. The lowest BCUT2D eigenvalue weighted by atomic mass is 10.3. The van der Waals surface area contributed by atoms with Gasteiger partial charge in [-0.25, -0.2) is 0 Å². The summed E-state index contributed by atoms with van der Waals surface area (Å²) in [5.74, 6) is 2.54. The fraction of sp³-hybridized carbons (Fsp3) is 1.00. The Kier molecular flexibility index (Phi) is 9.03. The van der Waals surface area contributed by atoms with Gasteiger partial charge in [0.2, 0.25) is 0 Å². The minimum Gasteiger partial charge on any atom is -0.315 e. The minimum atomic E-state index is 0.638. The van der Waals surface area contributed by atoms with Crippen molar-refractivity contribution in [2.75, 3.05) is 38.7 Å². The Balaban J connectivity index is 3.07. The molecule has 0 aliphatic heterocycles. The van der Waals surface area contributed by atoms with E-state index in [9.17, 15) is 0 Å². The number of nitrogens with one attached hydrogen (secondary N) is 1. The zero-order chi connectivity index (χ0) is 10.1.